The Morgan fingerprint density at radius 2 is 2.32 bits per heavy atom. The largest absolute Gasteiger partial charge is 0.465 e. The van der Waals surface area contributed by atoms with Crippen LogP contribution in [0.4, 0.5) is 0 Å². The lowest BCUT2D eigenvalue weighted by Gasteiger charge is -2.22. The molecule has 2 atom stereocenters. The van der Waals surface area contributed by atoms with E-state index in [9.17, 15) is 4.79 Å². The number of ether oxygens (including phenoxy) is 1. The topological polar surface area (TPSA) is 58.8 Å². The predicted molar refractivity (Wildman–Crippen MR) is 70.0 cm³/mol. The molecule has 1 aromatic heterocycles. The Balaban J connectivity index is 1.84. The number of carbonyl (C=O) groups is 1. The van der Waals surface area contributed by atoms with Crippen molar-refractivity contribution in [3.8, 4) is 5.88 Å². The van der Waals surface area contributed by atoms with Crippen LogP contribution in [0.5, 0.6) is 5.88 Å². The van der Waals surface area contributed by atoms with Gasteiger partial charge in [0, 0.05) is 25.2 Å². The molecule has 0 bridgehead atoms. The zero-order valence-corrected chi connectivity index (χ0v) is 11.9. The van der Waals surface area contributed by atoms with Gasteiger partial charge in [-0.05, 0) is 32.1 Å². The van der Waals surface area contributed by atoms with Crippen molar-refractivity contribution in [1.82, 2.24) is 15.0 Å². The van der Waals surface area contributed by atoms with Crippen molar-refractivity contribution in [3.63, 3.8) is 0 Å². The highest BCUT2D eigenvalue weighted by Gasteiger charge is 2.33. The molecular weight excluding hydrogens is 246 g/mol. The third-order valence-corrected chi connectivity index (χ3v) is 3.54. The van der Waals surface area contributed by atoms with Crippen LogP contribution < -0.4 is 4.74 Å². The number of aromatic nitrogens is 1. The van der Waals surface area contributed by atoms with Crippen molar-refractivity contribution in [2.75, 3.05) is 33.8 Å². The van der Waals surface area contributed by atoms with Crippen LogP contribution in [-0.2, 0) is 4.79 Å². The van der Waals surface area contributed by atoms with E-state index in [2.05, 4.69) is 17.0 Å². The van der Waals surface area contributed by atoms with E-state index in [0.29, 0.717) is 23.6 Å². The molecule has 2 rings (SSSR count). The van der Waals surface area contributed by atoms with Crippen LogP contribution in [0.15, 0.2) is 10.6 Å². The number of amides is 1. The van der Waals surface area contributed by atoms with Crippen LogP contribution in [0.3, 0.4) is 0 Å². The van der Waals surface area contributed by atoms with Gasteiger partial charge in [0.2, 0.25) is 0 Å². The Hall–Kier alpha value is -1.56. The molecule has 0 saturated carbocycles. The Kier molecular flexibility index (Phi) is 4.09. The van der Waals surface area contributed by atoms with E-state index in [-0.39, 0.29) is 12.5 Å². The maximum atomic E-state index is 12.1. The number of aryl methyl sites for hydroxylation is 1. The smallest absolute Gasteiger partial charge is 0.260 e. The fourth-order valence-electron chi connectivity index (χ4n) is 2.46. The second kappa shape index (κ2) is 5.61. The summed E-state index contributed by atoms with van der Waals surface area (Å²) in [6.07, 6.45) is 0. The van der Waals surface area contributed by atoms with E-state index >= 15 is 0 Å². The van der Waals surface area contributed by atoms with Gasteiger partial charge < -0.3 is 19.1 Å². The van der Waals surface area contributed by atoms with Crippen molar-refractivity contribution in [2.24, 2.45) is 5.92 Å². The average molecular weight is 267 g/mol. The summed E-state index contributed by atoms with van der Waals surface area (Å²) in [4.78, 5) is 16.1. The highest BCUT2D eigenvalue weighted by molar-refractivity contribution is 5.78. The van der Waals surface area contributed by atoms with Gasteiger partial charge >= 0.3 is 0 Å². The summed E-state index contributed by atoms with van der Waals surface area (Å²) in [5.41, 5.74) is 0. The fraction of sp³-hybridized carbons (Fsp3) is 0.692. The van der Waals surface area contributed by atoms with Crippen molar-refractivity contribution in [1.29, 1.82) is 0 Å². The second-order valence-electron chi connectivity index (χ2n) is 5.37. The second-order valence-corrected chi connectivity index (χ2v) is 5.37. The molecule has 1 amide bonds. The lowest BCUT2D eigenvalue weighted by molar-refractivity contribution is -0.132. The summed E-state index contributed by atoms with van der Waals surface area (Å²) < 4.78 is 10.2. The molecule has 1 aliphatic heterocycles. The lowest BCUT2D eigenvalue weighted by Crippen LogP contribution is -2.37. The van der Waals surface area contributed by atoms with E-state index in [1.165, 1.54) is 0 Å². The number of carbonyl (C=O) groups excluding carboxylic acids is 1. The van der Waals surface area contributed by atoms with Gasteiger partial charge in [-0.2, -0.15) is 0 Å². The molecule has 1 saturated heterocycles. The molecule has 0 N–H and O–H groups in total. The minimum atomic E-state index is -0.00291. The van der Waals surface area contributed by atoms with E-state index in [1.807, 2.05) is 19.0 Å². The molecule has 1 aromatic rings. The van der Waals surface area contributed by atoms with E-state index in [1.54, 1.807) is 13.0 Å². The number of hydrogen-bond acceptors (Lipinski definition) is 5. The summed E-state index contributed by atoms with van der Waals surface area (Å²) in [6.45, 7) is 5.50. The standard InChI is InChI=1S/C13H21N3O3/c1-9-6-16(7-11(9)15(3)4)13(17)8-18-12-5-10(2)19-14-12/h5,9,11H,6-8H2,1-4H3/t9-,11-/m0/s1. The SMILES string of the molecule is Cc1cc(OCC(=O)N2C[C@H](C)[C@@H](N(C)C)C2)no1. The van der Waals surface area contributed by atoms with Gasteiger partial charge in [0.05, 0.1) is 0 Å². The van der Waals surface area contributed by atoms with Crippen LogP contribution >= 0.6 is 0 Å². The minimum absolute atomic E-state index is 0.00291. The minimum Gasteiger partial charge on any atom is -0.465 e. The molecule has 106 valence electrons. The molecule has 1 aliphatic rings. The summed E-state index contributed by atoms with van der Waals surface area (Å²) in [7, 11) is 4.09. The van der Waals surface area contributed by atoms with Crippen molar-refractivity contribution in [2.45, 2.75) is 19.9 Å². The molecule has 0 spiro atoms. The molecule has 0 unspecified atom stereocenters. The first-order valence-electron chi connectivity index (χ1n) is 6.47. The molecule has 2 heterocycles. The molecule has 1 fully saturated rings. The normalized spacial score (nSPS) is 23.1. The van der Waals surface area contributed by atoms with Crippen LogP contribution in [0.2, 0.25) is 0 Å². The van der Waals surface area contributed by atoms with Crippen molar-refractivity contribution >= 4 is 5.91 Å². The predicted octanol–water partition coefficient (Wildman–Crippen LogP) is 0.770. The third-order valence-electron chi connectivity index (χ3n) is 3.54. The molecule has 0 aliphatic carbocycles. The number of likely N-dealkylation sites (N-methyl/N-ethyl adjacent to an activating group) is 1. The summed E-state index contributed by atoms with van der Waals surface area (Å²) in [5, 5.41) is 3.70. The van der Waals surface area contributed by atoms with E-state index in [4.69, 9.17) is 9.26 Å². The molecule has 19 heavy (non-hydrogen) atoms. The van der Waals surface area contributed by atoms with Crippen molar-refractivity contribution < 1.29 is 14.1 Å². The lowest BCUT2D eigenvalue weighted by atomic mass is 10.1. The Labute approximate surface area is 113 Å². The Morgan fingerprint density at radius 3 is 2.84 bits per heavy atom. The summed E-state index contributed by atoms with van der Waals surface area (Å²) >= 11 is 0. The first kappa shape index (κ1) is 13.9. The van der Waals surface area contributed by atoms with Gasteiger partial charge in [0.25, 0.3) is 11.8 Å². The monoisotopic (exact) mass is 267 g/mol. The Bertz CT molecular complexity index is 444. The van der Waals surface area contributed by atoms with Crippen LogP contribution in [0.25, 0.3) is 0 Å². The molecular formula is C13H21N3O3. The highest BCUT2D eigenvalue weighted by Crippen LogP contribution is 2.20. The van der Waals surface area contributed by atoms with Crippen molar-refractivity contribution in [3.05, 3.63) is 11.8 Å². The first-order chi connectivity index (χ1) is 8.97. The fourth-order valence-corrected chi connectivity index (χ4v) is 2.46. The highest BCUT2D eigenvalue weighted by atomic mass is 16.5. The number of likely N-dealkylation sites (tertiary alicyclic amines) is 1. The van der Waals surface area contributed by atoms with Crippen LogP contribution in [-0.4, -0.2) is 60.7 Å². The molecule has 6 heteroatoms. The zero-order valence-electron chi connectivity index (χ0n) is 11.9. The van der Waals surface area contributed by atoms with Gasteiger partial charge in [-0.3, -0.25) is 4.79 Å². The van der Waals surface area contributed by atoms with E-state index < -0.39 is 0 Å². The zero-order chi connectivity index (χ0) is 14.0. The Morgan fingerprint density at radius 1 is 1.58 bits per heavy atom. The van der Waals surface area contributed by atoms with Crippen LogP contribution in [0, 0.1) is 12.8 Å². The molecule has 6 nitrogen and oxygen atoms in total. The van der Waals surface area contributed by atoms with Gasteiger partial charge in [-0.25, -0.2) is 0 Å². The van der Waals surface area contributed by atoms with Crippen LogP contribution in [0.1, 0.15) is 12.7 Å². The quantitative estimate of drug-likeness (QED) is 0.806. The number of rotatable bonds is 4. The molecule has 0 aromatic carbocycles. The van der Waals surface area contributed by atoms with Gasteiger partial charge in [0.1, 0.15) is 5.76 Å². The third kappa shape index (κ3) is 3.26. The van der Waals surface area contributed by atoms with Gasteiger partial charge in [-0.15, -0.1) is 0 Å². The maximum Gasteiger partial charge on any atom is 0.260 e. The average Bonchev–Trinajstić information content (AvgIpc) is 2.92. The summed E-state index contributed by atoms with van der Waals surface area (Å²) in [6, 6.07) is 2.08. The van der Waals surface area contributed by atoms with E-state index in [0.717, 1.165) is 13.1 Å². The van der Waals surface area contributed by atoms with Gasteiger partial charge in [0.15, 0.2) is 6.61 Å². The first-order valence-corrected chi connectivity index (χ1v) is 6.47. The summed E-state index contributed by atoms with van der Waals surface area (Å²) in [5.74, 6) is 1.51. The molecule has 0 radical (unpaired) electrons. The maximum absolute atomic E-state index is 12.1. The van der Waals surface area contributed by atoms with Gasteiger partial charge in [-0.1, -0.05) is 6.92 Å². The number of nitrogens with zero attached hydrogens (tertiary/aromatic N) is 3. The number of hydrogen-bond donors (Lipinski definition) is 0.